The number of amides is 2. The number of hydrogen-bond acceptors (Lipinski definition) is 5. The second-order valence-corrected chi connectivity index (χ2v) is 11.2. The first-order valence-corrected chi connectivity index (χ1v) is 14.8. The van der Waals surface area contributed by atoms with Crippen LogP contribution in [-0.2, 0) is 11.2 Å². The van der Waals surface area contributed by atoms with Crippen LogP contribution in [0.15, 0.2) is 54.6 Å². The quantitative estimate of drug-likeness (QED) is 0.415. The lowest BCUT2D eigenvalue weighted by Crippen LogP contribution is -2.54. The molecule has 3 heterocycles. The molecule has 0 N–H and O–H groups in total. The number of aryl methyl sites for hydroxylation is 2. The van der Waals surface area contributed by atoms with Crippen molar-refractivity contribution in [3.63, 3.8) is 0 Å². The van der Waals surface area contributed by atoms with Gasteiger partial charge in [-0.25, -0.2) is 0 Å². The number of carbonyl (C=O) groups excluding carboxylic acids is 2. The minimum Gasteiger partial charge on any atom is -0.490 e. The Morgan fingerprint density at radius 2 is 1.56 bits per heavy atom. The molecule has 1 saturated heterocycles. The molecule has 6 rings (SSSR count). The van der Waals surface area contributed by atoms with Crippen LogP contribution in [0.2, 0.25) is 0 Å². The zero-order valence-electron chi connectivity index (χ0n) is 24.5. The highest BCUT2D eigenvalue weighted by molar-refractivity contribution is 6.01. The lowest BCUT2D eigenvalue weighted by molar-refractivity contribution is -0.135. The second kappa shape index (κ2) is 11.1. The van der Waals surface area contributed by atoms with Gasteiger partial charge < -0.3 is 24.2 Å². The van der Waals surface area contributed by atoms with Crippen LogP contribution in [-0.4, -0.2) is 67.6 Å². The van der Waals surface area contributed by atoms with Gasteiger partial charge >= 0.3 is 0 Å². The van der Waals surface area contributed by atoms with Crippen molar-refractivity contribution in [2.45, 2.75) is 46.1 Å². The fourth-order valence-electron chi connectivity index (χ4n) is 6.76. The van der Waals surface area contributed by atoms with E-state index in [1.807, 2.05) is 54.0 Å². The molecule has 3 aromatic rings. The molecule has 3 aliphatic rings. The number of rotatable bonds is 6. The van der Waals surface area contributed by atoms with Gasteiger partial charge in [-0.05, 0) is 86.2 Å². The van der Waals surface area contributed by atoms with Crippen LogP contribution in [0, 0.1) is 13.8 Å². The third-order valence-electron chi connectivity index (χ3n) is 8.75. The molecule has 3 aliphatic heterocycles. The van der Waals surface area contributed by atoms with E-state index in [2.05, 4.69) is 43.0 Å². The maximum Gasteiger partial charge on any atom is 0.254 e. The van der Waals surface area contributed by atoms with Crippen LogP contribution in [0.25, 0.3) is 0 Å². The molecule has 2 amide bonds. The van der Waals surface area contributed by atoms with Crippen molar-refractivity contribution < 1.29 is 19.1 Å². The molecule has 0 unspecified atom stereocenters. The van der Waals surface area contributed by atoms with Gasteiger partial charge in [0.15, 0.2) is 11.5 Å². The number of piperazine rings is 1. The Balaban J connectivity index is 1.36. The molecule has 0 bridgehead atoms. The normalized spacial score (nSPS) is 19.8. The van der Waals surface area contributed by atoms with Gasteiger partial charge in [-0.2, -0.15) is 0 Å². The van der Waals surface area contributed by atoms with E-state index in [1.165, 1.54) is 16.8 Å². The third-order valence-corrected chi connectivity index (χ3v) is 8.75. The van der Waals surface area contributed by atoms with Gasteiger partial charge in [-0.1, -0.05) is 30.3 Å². The van der Waals surface area contributed by atoms with Crippen molar-refractivity contribution in [2.24, 2.45) is 0 Å². The van der Waals surface area contributed by atoms with Crippen LogP contribution in [0.4, 0.5) is 5.69 Å². The van der Waals surface area contributed by atoms with Crippen molar-refractivity contribution in [3.05, 3.63) is 88.0 Å². The number of benzene rings is 3. The molecule has 7 nitrogen and oxygen atoms in total. The van der Waals surface area contributed by atoms with Gasteiger partial charge in [-0.3, -0.25) is 9.59 Å². The molecule has 214 valence electrons. The van der Waals surface area contributed by atoms with Gasteiger partial charge in [0.25, 0.3) is 5.91 Å². The number of ether oxygens (including phenoxy) is 2. The van der Waals surface area contributed by atoms with Gasteiger partial charge in [0.05, 0.1) is 25.2 Å². The minimum absolute atomic E-state index is 0.00751. The maximum absolute atomic E-state index is 14.5. The maximum atomic E-state index is 14.5. The van der Waals surface area contributed by atoms with Crippen LogP contribution < -0.4 is 14.4 Å². The van der Waals surface area contributed by atoms with Crippen molar-refractivity contribution in [3.8, 4) is 11.5 Å². The Bertz CT molecular complexity index is 1480. The van der Waals surface area contributed by atoms with E-state index in [1.54, 1.807) is 0 Å². The summed E-state index contributed by atoms with van der Waals surface area (Å²) in [6.45, 7) is 12.6. The van der Waals surface area contributed by atoms with Gasteiger partial charge in [-0.15, -0.1) is 0 Å². The summed E-state index contributed by atoms with van der Waals surface area (Å²) in [6, 6.07) is 17.9. The van der Waals surface area contributed by atoms with Crippen molar-refractivity contribution >= 4 is 17.5 Å². The molecule has 0 spiro atoms. The first-order chi connectivity index (χ1) is 19.9. The van der Waals surface area contributed by atoms with E-state index < -0.39 is 5.92 Å². The van der Waals surface area contributed by atoms with Gasteiger partial charge in [0, 0.05) is 44.0 Å². The molecule has 1 fully saturated rings. The summed E-state index contributed by atoms with van der Waals surface area (Å²) < 4.78 is 11.9. The Morgan fingerprint density at radius 3 is 2.29 bits per heavy atom. The molecule has 2 atom stereocenters. The van der Waals surface area contributed by atoms with Crippen molar-refractivity contribution in [1.82, 2.24) is 9.80 Å². The van der Waals surface area contributed by atoms with E-state index in [0.29, 0.717) is 50.6 Å². The third kappa shape index (κ3) is 4.81. The Morgan fingerprint density at radius 1 is 0.854 bits per heavy atom. The standard InChI is InChI=1S/C34H39N3O4/c1-5-40-29-20-24-13-14-37-32(27(24)21-30(29)41-6-2)31(25-9-7-8-10-26(25)33(37)38)34(39)36-17-15-35(16-18-36)28-19-22(3)11-12-23(28)4/h7-12,19-21,31-32H,5-6,13-18H2,1-4H3/t31-,32+/m0/s1. The van der Waals surface area contributed by atoms with E-state index in [9.17, 15) is 9.59 Å². The number of nitrogens with zero attached hydrogens (tertiary/aromatic N) is 3. The predicted octanol–water partition coefficient (Wildman–Crippen LogP) is 5.29. The summed E-state index contributed by atoms with van der Waals surface area (Å²) >= 11 is 0. The van der Waals surface area contributed by atoms with Crippen molar-refractivity contribution in [1.29, 1.82) is 0 Å². The zero-order valence-corrected chi connectivity index (χ0v) is 24.5. The summed E-state index contributed by atoms with van der Waals surface area (Å²) in [5.41, 5.74) is 7.28. The fourth-order valence-corrected chi connectivity index (χ4v) is 6.76. The lowest BCUT2D eigenvalue weighted by Gasteiger charge is -2.47. The number of fused-ring (bicyclic) bond motifs is 4. The lowest BCUT2D eigenvalue weighted by atomic mass is 9.75. The van der Waals surface area contributed by atoms with Crippen LogP contribution >= 0.6 is 0 Å². The molecule has 41 heavy (non-hydrogen) atoms. The van der Waals surface area contributed by atoms with E-state index in [-0.39, 0.29) is 17.9 Å². The van der Waals surface area contributed by atoms with E-state index >= 15 is 0 Å². The van der Waals surface area contributed by atoms with E-state index in [4.69, 9.17) is 9.47 Å². The van der Waals surface area contributed by atoms with Crippen molar-refractivity contribution in [2.75, 3.05) is 50.8 Å². The zero-order chi connectivity index (χ0) is 28.7. The first kappa shape index (κ1) is 27.2. The molecule has 0 aliphatic carbocycles. The number of anilines is 1. The Labute approximate surface area is 242 Å². The molecular weight excluding hydrogens is 514 g/mol. The fraction of sp³-hybridized carbons (Fsp3) is 0.412. The minimum atomic E-state index is -0.484. The summed E-state index contributed by atoms with van der Waals surface area (Å²) in [4.78, 5) is 34.6. The largest absolute Gasteiger partial charge is 0.490 e. The highest BCUT2D eigenvalue weighted by Crippen LogP contribution is 2.49. The SMILES string of the molecule is CCOc1cc2c(cc1OCC)[C@@H]1[C@@H](C(=O)N3CCN(c4cc(C)ccc4C)CC3)c3ccccc3C(=O)N1CC2. The Hall–Kier alpha value is -4.00. The molecule has 7 heteroatoms. The second-order valence-electron chi connectivity index (χ2n) is 11.2. The highest BCUT2D eigenvalue weighted by atomic mass is 16.5. The van der Waals surface area contributed by atoms with Gasteiger partial charge in [0.1, 0.15) is 0 Å². The molecular formula is C34H39N3O4. The highest BCUT2D eigenvalue weighted by Gasteiger charge is 2.48. The first-order valence-electron chi connectivity index (χ1n) is 14.8. The van der Waals surface area contributed by atoms with Crippen LogP contribution in [0.5, 0.6) is 11.5 Å². The summed E-state index contributed by atoms with van der Waals surface area (Å²) in [7, 11) is 0. The molecule has 0 radical (unpaired) electrons. The molecule has 0 saturated carbocycles. The van der Waals surface area contributed by atoms with Gasteiger partial charge in [0.2, 0.25) is 5.91 Å². The number of hydrogen-bond donors (Lipinski definition) is 0. The van der Waals surface area contributed by atoms with Crippen LogP contribution in [0.3, 0.4) is 0 Å². The molecule has 3 aromatic carbocycles. The summed E-state index contributed by atoms with van der Waals surface area (Å²) in [6.07, 6.45) is 0.710. The smallest absolute Gasteiger partial charge is 0.254 e. The van der Waals surface area contributed by atoms with E-state index in [0.717, 1.165) is 35.5 Å². The average molecular weight is 554 g/mol. The summed E-state index contributed by atoms with van der Waals surface area (Å²) in [5, 5.41) is 0. The molecule has 0 aromatic heterocycles. The van der Waals surface area contributed by atoms with Crippen LogP contribution in [0.1, 0.15) is 64.0 Å². The monoisotopic (exact) mass is 553 g/mol. The predicted molar refractivity (Wildman–Crippen MR) is 160 cm³/mol. The topological polar surface area (TPSA) is 62.3 Å². The average Bonchev–Trinajstić information content (AvgIpc) is 2.99. The Kier molecular flexibility index (Phi) is 7.37. The summed E-state index contributed by atoms with van der Waals surface area (Å²) in [5.74, 6) is 0.971. The number of carbonyl (C=O) groups is 2.